The van der Waals surface area contributed by atoms with Gasteiger partial charge in [0.25, 0.3) is 0 Å². The molecule has 3 heterocycles. The van der Waals surface area contributed by atoms with Gasteiger partial charge in [-0.15, -0.1) is 0 Å². The van der Waals surface area contributed by atoms with Gasteiger partial charge in [-0.3, -0.25) is 10.2 Å². The number of fused-ring (bicyclic) bond motifs is 1. The number of alkyl halides is 3. The third-order valence-electron chi connectivity index (χ3n) is 6.96. The number of nitrogens with two attached hydrogens (primary N) is 2. The number of nitrogen functional groups attached to an aromatic ring is 1. The molecule has 210 valence electrons. The van der Waals surface area contributed by atoms with Crippen LogP contribution >= 0.6 is 0 Å². The summed E-state index contributed by atoms with van der Waals surface area (Å²) >= 11 is 0. The average Bonchev–Trinajstić information content (AvgIpc) is 3.39. The van der Waals surface area contributed by atoms with E-state index in [4.69, 9.17) is 26.4 Å². The summed E-state index contributed by atoms with van der Waals surface area (Å²) in [7, 11) is 1.08. The third-order valence-corrected chi connectivity index (χ3v) is 6.96. The maximum atomic E-state index is 14.6. The predicted octanol–water partition coefficient (Wildman–Crippen LogP) is 3.63. The number of amides is 1. The molecule has 4 rings (SSSR count). The molecule has 10 nitrogen and oxygen atoms in total. The van der Waals surface area contributed by atoms with E-state index in [9.17, 15) is 26.7 Å². The molecule has 1 aliphatic rings. The van der Waals surface area contributed by atoms with E-state index in [-0.39, 0.29) is 46.9 Å². The lowest BCUT2D eigenvalue weighted by atomic mass is 9.77. The highest BCUT2D eigenvalue weighted by Crippen LogP contribution is 2.59. The SMILES string of the molecule is COc1c([C@H]2[C@H](c3nc4c(C(=N)N)nc(NC(=O)CCN)cc4[nH]3)O[C@@](C)(C(F)(F)F)[C@H]2C)ccc(F)c1F. The second-order valence-corrected chi connectivity index (χ2v) is 9.32. The van der Waals surface area contributed by atoms with E-state index in [2.05, 4.69) is 20.3 Å². The number of halogens is 5. The number of anilines is 1. The van der Waals surface area contributed by atoms with Gasteiger partial charge in [0.15, 0.2) is 17.2 Å². The number of nitrogens with one attached hydrogen (secondary N) is 3. The third kappa shape index (κ3) is 4.76. The fraction of sp³-hybridized carbons (Fsp3) is 0.417. The number of aromatic nitrogens is 3. The quantitative estimate of drug-likeness (QED) is 0.169. The summed E-state index contributed by atoms with van der Waals surface area (Å²) < 4.78 is 82.1. The minimum Gasteiger partial charge on any atom is -0.493 e. The lowest BCUT2D eigenvalue weighted by Crippen LogP contribution is -2.46. The van der Waals surface area contributed by atoms with Crippen LogP contribution in [-0.4, -0.2) is 52.1 Å². The van der Waals surface area contributed by atoms with Crippen molar-refractivity contribution in [1.82, 2.24) is 15.0 Å². The zero-order valence-corrected chi connectivity index (χ0v) is 21.0. The summed E-state index contributed by atoms with van der Waals surface area (Å²) in [6.45, 7) is 2.23. The number of aromatic amines is 1. The fourth-order valence-electron chi connectivity index (χ4n) is 4.81. The van der Waals surface area contributed by atoms with E-state index in [1.54, 1.807) is 0 Å². The van der Waals surface area contributed by atoms with Gasteiger partial charge < -0.3 is 31.2 Å². The van der Waals surface area contributed by atoms with Gasteiger partial charge in [0.2, 0.25) is 11.7 Å². The van der Waals surface area contributed by atoms with Crippen molar-refractivity contribution in [1.29, 1.82) is 5.41 Å². The topological polar surface area (TPSA) is 165 Å². The Balaban J connectivity index is 1.90. The Morgan fingerprint density at radius 2 is 2.00 bits per heavy atom. The predicted molar refractivity (Wildman–Crippen MR) is 130 cm³/mol. The second-order valence-electron chi connectivity index (χ2n) is 9.32. The van der Waals surface area contributed by atoms with Gasteiger partial charge in [-0.05, 0) is 13.0 Å². The van der Waals surface area contributed by atoms with Crippen LogP contribution in [0, 0.1) is 23.0 Å². The summed E-state index contributed by atoms with van der Waals surface area (Å²) in [5, 5.41) is 10.4. The van der Waals surface area contributed by atoms with E-state index >= 15 is 0 Å². The van der Waals surface area contributed by atoms with Gasteiger partial charge >= 0.3 is 6.18 Å². The maximum absolute atomic E-state index is 14.6. The van der Waals surface area contributed by atoms with Gasteiger partial charge in [0.1, 0.15) is 34.8 Å². The highest BCUT2D eigenvalue weighted by molar-refractivity contribution is 6.05. The molecule has 0 unspecified atom stereocenters. The number of hydrogen-bond acceptors (Lipinski definition) is 7. The number of hydrogen-bond donors (Lipinski definition) is 5. The molecular weight excluding hydrogens is 529 g/mol. The van der Waals surface area contributed by atoms with Crippen LogP contribution in [0.3, 0.4) is 0 Å². The molecule has 0 bridgehead atoms. The van der Waals surface area contributed by atoms with E-state index in [1.165, 1.54) is 13.0 Å². The van der Waals surface area contributed by atoms with E-state index < -0.39 is 58.8 Å². The normalized spacial score (nSPS) is 23.3. The van der Waals surface area contributed by atoms with Gasteiger partial charge in [0.05, 0.1) is 12.6 Å². The van der Waals surface area contributed by atoms with Crippen molar-refractivity contribution in [3.63, 3.8) is 0 Å². The number of carbonyl (C=O) groups excluding carboxylic acids is 1. The van der Waals surface area contributed by atoms with Crippen LogP contribution in [0.4, 0.5) is 27.8 Å². The first-order valence-electron chi connectivity index (χ1n) is 11.7. The van der Waals surface area contributed by atoms with Crippen molar-refractivity contribution in [3.05, 3.63) is 46.9 Å². The van der Waals surface area contributed by atoms with Crippen LogP contribution in [0.2, 0.25) is 0 Å². The molecule has 0 spiro atoms. The number of carbonyl (C=O) groups is 1. The minimum absolute atomic E-state index is 0.000938. The van der Waals surface area contributed by atoms with E-state index in [1.807, 2.05) is 0 Å². The van der Waals surface area contributed by atoms with Crippen molar-refractivity contribution in [3.8, 4) is 5.75 Å². The van der Waals surface area contributed by atoms with Gasteiger partial charge in [0, 0.05) is 36.4 Å². The summed E-state index contributed by atoms with van der Waals surface area (Å²) in [6, 6.07) is 3.31. The van der Waals surface area contributed by atoms with Crippen molar-refractivity contribution in [2.45, 2.75) is 44.1 Å². The van der Waals surface area contributed by atoms with Gasteiger partial charge in [-0.25, -0.2) is 14.4 Å². The number of amidine groups is 1. The molecule has 1 aromatic carbocycles. The number of benzene rings is 1. The molecule has 0 aliphatic carbocycles. The molecule has 15 heteroatoms. The Kier molecular flexibility index (Phi) is 7.25. The molecule has 1 saturated heterocycles. The van der Waals surface area contributed by atoms with Crippen molar-refractivity contribution < 1.29 is 36.2 Å². The standard InChI is InChI=1S/C24H26F5N7O3/c1-9-15(10-4-5-11(25)16(26)19(10)38-3)20(39-23(9,2)24(27,28)29)22-33-12-8-13(34-14(37)6-7-30)35-18(21(31)32)17(12)36-22/h4-5,8-9,15,20H,6-7,30H2,1-3H3,(H3,31,32)(H,33,36)(H,34,35,37)/t9-,15-,20+,23+/m0/s1. The van der Waals surface area contributed by atoms with Crippen LogP contribution < -0.4 is 21.5 Å². The van der Waals surface area contributed by atoms with Crippen LogP contribution in [0.5, 0.6) is 5.75 Å². The summed E-state index contributed by atoms with van der Waals surface area (Å²) in [5.41, 5.74) is 8.36. The Morgan fingerprint density at radius 1 is 1.31 bits per heavy atom. The van der Waals surface area contributed by atoms with Crippen molar-refractivity contribution in [2.24, 2.45) is 17.4 Å². The number of rotatable bonds is 7. The smallest absolute Gasteiger partial charge is 0.417 e. The van der Waals surface area contributed by atoms with E-state index in [0.717, 1.165) is 26.2 Å². The van der Waals surface area contributed by atoms with Gasteiger partial charge in [-0.1, -0.05) is 13.0 Å². The Hall–Kier alpha value is -3.85. The van der Waals surface area contributed by atoms with Crippen LogP contribution in [0.25, 0.3) is 11.0 Å². The van der Waals surface area contributed by atoms with E-state index in [0.29, 0.717) is 0 Å². The number of nitrogens with zero attached hydrogens (tertiary/aromatic N) is 2. The lowest BCUT2D eigenvalue weighted by molar-refractivity contribution is -0.275. The molecule has 0 radical (unpaired) electrons. The lowest BCUT2D eigenvalue weighted by Gasteiger charge is -2.32. The molecule has 1 amide bonds. The van der Waals surface area contributed by atoms with Crippen molar-refractivity contribution in [2.75, 3.05) is 19.0 Å². The summed E-state index contributed by atoms with van der Waals surface area (Å²) in [5.74, 6) is -6.76. The molecule has 39 heavy (non-hydrogen) atoms. The zero-order valence-electron chi connectivity index (χ0n) is 21.0. The largest absolute Gasteiger partial charge is 0.493 e. The molecule has 1 aliphatic heterocycles. The zero-order chi connectivity index (χ0) is 28.9. The molecule has 0 saturated carbocycles. The fourth-order valence-corrected chi connectivity index (χ4v) is 4.81. The highest BCUT2D eigenvalue weighted by Gasteiger charge is 2.65. The summed E-state index contributed by atoms with van der Waals surface area (Å²) in [6.07, 6.45) is -6.30. The number of methoxy groups -OCH3 is 1. The highest BCUT2D eigenvalue weighted by atomic mass is 19.4. The molecule has 1 fully saturated rings. The Labute approximate surface area is 218 Å². The van der Waals surface area contributed by atoms with Crippen LogP contribution in [-0.2, 0) is 9.53 Å². The number of imidazole rings is 1. The van der Waals surface area contributed by atoms with Crippen molar-refractivity contribution >= 4 is 28.6 Å². The minimum atomic E-state index is -4.84. The average molecular weight is 556 g/mol. The molecule has 7 N–H and O–H groups in total. The summed E-state index contributed by atoms with van der Waals surface area (Å²) in [4.78, 5) is 23.4. The first-order chi connectivity index (χ1) is 18.2. The molecule has 3 aromatic rings. The molecular formula is C24H26F5N7O3. The Bertz CT molecular complexity index is 1440. The maximum Gasteiger partial charge on any atom is 0.417 e. The Morgan fingerprint density at radius 3 is 2.59 bits per heavy atom. The van der Waals surface area contributed by atoms with Crippen LogP contribution in [0.15, 0.2) is 18.2 Å². The van der Waals surface area contributed by atoms with Gasteiger partial charge in [-0.2, -0.15) is 17.6 Å². The molecule has 4 atom stereocenters. The first kappa shape index (κ1) is 28.2. The molecule has 2 aromatic heterocycles. The number of H-pyrrole nitrogens is 1. The first-order valence-corrected chi connectivity index (χ1v) is 11.7. The number of pyridine rings is 1. The monoisotopic (exact) mass is 555 g/mol. The second kappa shape index (κ2) is 10.0. The van der Waals surface area contributed by atoms with Crippen LogP contribution in [0.1, 0.15) is 49.4 Å². The number of ether oxygens (including phenoxy) is 2.